The highest BCUT2D eigenvalue weighted by Crippen LogP contribution is 2.32. The molecular formula is C16H15NO4S. The summed E-state index contributed by atoms with van der Waals surface area (Å²) in [6, 6.07) is 12.0. The van der Waals surface area contributed by atoms with E-state index in [9.17, 15) is 9.00 Å². The average molecular weight is 317 g/mol. The van der Waals surface area contributed by atoms with Crippen LogP contribution in [0.5, 0.6) is 11.5 Å². The molecule has 5 nitrogen and oxygen atoms in total. The fourth-order valence-corrected chi connectivity index (χ4v) is 2.64. The quantitative estimate of drug-likeness (QED) is 0.944. The predicted molar refractivity (Wildman–Crippen MR) is 84.2 cm³/mol. The van der Waals surface area contributed by atoms with Crippen LogP contribution in [0.2, 0.25) is 0 Å². The van der Waals surface area contributed by atoms with Gasteiger partial charge in [0.05, 0.1) is 0 Å². The molecule has 3 rings (SSSR count). The topological polar surface area (TPSA) is 64.6 Å². The molecule has 6 heteroatoms. The number of ether oxygens (including phenoxy) is 2. The van der Waals surface area contributed by atoms with Gasteiger partial charge in [-0.25, -0.2) is 0 Å². The molecule has 114 valence electrons. The van der Waals surface area contributed by atoms with E-state index in [0.717, 1.165) is 0 Å². The summed E-state index contributed by atoms with van der Waals surface area (Å²) in [4.78, 5) is 12.9. The van der Waals surface area contributed by atoms with Gasteiger partial charge < -0.3 is 14.8 Å². The summed E-state index contributed by atoms with van der Waals surface area (Å²) in [5.74, 6) is 1.07. The van der Waals surface area contributed by atoms with Gasteiger partial charge in [-0.3, -0.25) is 9.00 Å². The number of benzene rings is 2. The molecule has 0 saturated carbocycles. The van der Waals surface area contributed by atoms with Crippen molar-refractivity contribution in [3.8, 4) is 11.5 Å². The zero-order chi connectivity index (χ0) is 15.5. The number of carbonyl (C=O) groups excluding carboxylic acids is 1. The van der Waals surface area contributed by atoms with Crippen molar-refractivity contribution in [3.05, 3.63) is 48.0 Å². The highest BCUT2D eigenvalue weighted by Gasteiger charge is 2.13. The van der Waals surface area contributed by atoms with Gasteiger partial charge in [-0.2, -0.15) is 0 Å². The zero-order valence-electron chi connectivity index (χ0n) is 12.0. The van der Waals surface area contributed by atoms with Crippen LogP contribution in [0.3, 0.4) is 0 Å². The van der Waals surface area contributed by atoms with Crippen LogP contribution in [0.15, 0.2) is 47.4 Å². The van der Waals surface area contributed by atoms with Crippen LogP contribution >= 0.6 is 0 Å². The third-order valence-corrected chi connectivity index (χ3v) is 4.18. The highest BCUT2D eigenvalue weighted by molar-refractivity contribution is 7.84. The molecule has 0 fully saturated rings. The van der Waals surface area contributed by atoms with Gasteiger partial charge >= 0.3 is 0 Å². The van der Waals surface area contributed by atoms with Crippen molar-refractivity contribution in [2.75, 3.05) is 24.8 Å². The number of nitrogens with one attached hydrogen (secondary N) is 1. The smallest absolute Gasteiger partial charge is 0.255 e. The first kappa shape index (κ1) is 14.6. The summed E-state index contributed by atoms with van der Waals surface area (Å²) in [5, 5.41) is 2.81. The van der Waals surface area contributed by atoms with E-state index in [4.69, 9.17) is 9.47 Å². The molecule has 22 heavy (non-hydrogen) atoms. The van der Waals surface area contributed by atoms with E-state index in [2.05, 4.69) is 5.32 Å². The number of hydrogen-bond acceptors (Lipinski definition) is 4. The van der Waals surface area contributed by atoms with Crippen molar-refractivity contribution in [1.82, 2.24) is 0 Å². The van der Waals surface area contributed by atoms with Crippen molar-refractivity contribution < 1.29 is 18.5 Å². The van der Waals surface area contributed by atoms with E-state index in [0.29, 0.717) is 40.9 Å². The molecular weight excluding hydrogens is 302 g/mol. The van der Waals surface area contributed by atoms with E-state index in [1.54, 1.807) is 48.7 Å². The van der Waals surface area contributed by atoms with E-state index < -0.39 is 10.8 Å². The SMILES string of the molecule is CS(=O)c1ccc(C(=O)Nc2ccc3c(c2)OCCO3)cc1. The van der Waals surface area contributed by atoms with Crippen molar-refractivity contribution in [3.63, 3.8) is 0 Å². The fraction of sp³-hybridized carbons (Fsp3) is 0.188. The molecule has 0 radical (unpaired) electrons. The van der Waals surface area contributed by atoms with Crippen molar-refractivity contribution >= 4 is 22.4 Å². The number of fused-ring (bicyclic) bond motifs is 1. The van der Waals surface area contributed by atoms with E-state index in [-0.39, 0.29) is 5.91 Å². The van der Waals surface area contributed by atoms with Crippen LogP contribution in [0.25, 0.3) is 0 Å². The molecule has 1 unspecified atom stereocenters. The molecule has 0 saturated heterocycles. The van der Waals surface area contributed by atoms with Gasteiger partial charge in [-0.1, -0.05) is 0 Å². The molecule has 0 aliphatic carbocycles. The Labute approximate surface area is 130 Å². The molecule has 1 amide bonds. The Hall–Kier alpha value is -2.34. The Bertz CT molecular complexity index is 727. The maximum atomic E-state index is 12.2. The third kappa shape index (κ3) is 3.12. The lowest BCUT2D eigenvalue weighted by atomic mass is 10.2. The summed E-state index contributed by atoms with van der Waals surface area (Å²) >= 11 is 0. The minimum absolute atomic E-state index is 0.231. The molecule has 2 aromatic carbocycles. The van der Waals surface area contributed by atoms with Gasteiger partial charge in [0.2, 0.25) is 0 Å². The van der Waals surface area contributed by atoms with E-state index in [1.165, 1.54) is 0 Å². The second kappa shape index (κ2) is 6.19. The Kier molecular flexibility index (Phi) is 4.11. The standard InChI is InChI=1S/C16H15NO4S/c1-22(19)13-5-2-11(3-6-13)16(18)17-12-4-7-14-15(10-12)21-9-8-20-14/h2-7,10H,8-9H2,1H3,(H,17,18). The van der Waals surface area contributed by atoms with Crippen LogP contribution in [-0.2, 0) is 10.8 Å². The number of anilines is 1. The minimum Gasteiger partial charge on any atom is -0.486 e. The van der Waals surface area contributed by atoms with Crippen LogP contribution < -0.4 is 14.8 Å². The second-order valence-electron chi connectivity index (χ2n) is 4.79. The summed E-state index contributed by atoms with van der Waals surface area (Å²) in [5.41, 5.74) is 1.14. The normalized spacial score (nSPS) is 14.2. The first-order valence-corrected chi connectivity index (χ1v) is 8.34. The van der Waals surface area contributed by atoms with E-state index in [1.807, 2.05) is 0 Å². The predicted octanol–water partition coefficient (Wildman–Crippen LogP) is 2.45. The monoisotopic (exact) mass is 317 g/mol. The number of amides is 1. The van der Waals surface area contributed by atoms with Crippen molar-refractivity contribution in [1.29, 1.82) is 0 Å². The largest absolute Gasteiger partial charge is 0.486 e. The third-order valence-electron chi connectivity index (χ3n) is 3.25. The summed E-state index contributed by atoms with van der Waals surface area (Å²) in [6.07, 6.45) is 1.60. The summed E-state index contributed by atoms with van der Waals surface area (Å²) in [6.45, 7) is 1.03. The second-order valence-corrected chi connectivity index (χ2v) is 6.17. The van der Waals surface area contributed by atoms with Gasteiger partial charge in [0, 0.05) is 39.3 Å². The Morgan fingerprint density at radius 2 is 1.73 bits per heavy atom. The molecule has 0 bridgehead atoms. The lowest BCUT2D eigenvalue weighted by Gasteiger charge is -2.19. The maximum absolute atomic E-state index is 12.2. The average Bonchev–Trinajstić information content (AvgIpc) is 2.55. The van der Waals surface area contributed by atoms with Crippen LogP contribution in [0.1, 0.15) is 10.4 Å². The molecule has 2 aromatic rings. The maximum Gasteiger partial charge on any atom is 0.255 e. The number of rotatable bonds is 3. The molecule has 1 atom stereocenters. The van der Waals surface area contributed by atoms with Crippen LogP contribution in [-0.4, -0.2) is 29.6 Å². The zero-order valence-corrected chi connectivity index (χ0v) is 12.8. The first-order valence-electron chi connectivity index (χ1n) is 6.78. The van der Waals surface area contributed by atoms with Gasteiger partial charge in [0.15, 0.2) is 11.5 Å². The van der Waals surface area contributed by atoms with Gasteiger partial charge in [-0.15, -0.1) is 0 Å². The van der Waals surface area contributed by atoms with Gasteiger partial charge in [0.1, 0.15) is 13.2 Å². The molecule has 1 N–H and O–H groups in total. The molecule has 1 aliphatic heterocycles. The summed E-state index contributed by atoms with van der Waals surface area (Å²) < 4.78 is 22.3. The molecule has 0 aromatic heterocycles. The molecule has 1 aliphatic rings. The Morgan fingerprint density at radius 3 is 2.41 bits per heavy atom. The van der Waals surface area contributed by atoms with Gasteiger partial charge in [0.25, 0.3) is 5.91 Å². The van der Waals surface area contributed by atoms with Gasteiger partial charge in [-0.05, 0) is 36.4 Å². The number of carbonyl (C=O) groups is 1. The first-order chi connectivity index (χ1) is 10.6. The minimum atomic E-state index is -1.05. The lowest BCUT2D eigenvalue weighted by Crippen LogP contribution is -2.16. The molecule has 0 spiro atoms. The van der Waals surface area contributed by atoms with Crippen LogP contribution in [0, 0.1) is 0 Å². The van der Waals surface area contributed by atoms with Crippen molar-refractivity contribution in [2.24, 2.45) is 0 Å². The highest BCUT2D eigenvalue weighted by atomic mass is 32.2. The van der Waals surface area contributed by atoms with Crippen LogP contribution in [0.4, 0.5) is 5.69 Å². The molecule has 1 heterocycles. The number of hydrogen-bond donors (Lipinski definition) is 1. The van der Waals surface area contributed by atoms with Crippen molar-refractivity contribution in [2.45, 2.75) is 4.90 Å². The lowest BCUT2D eigenvalue weighted by molar-refractivity contribution is 0.102. The fourth-order valence-electron chi connectivity index (χ4n) is 2.12. The Balaban J connectivity index is 1.75. The Morgan fingerprint density at radius 1 is 1.05 bits per heavy atom. The van der Waals surface area contributed by atoms with E-state index >= 15 is 0 Å². The summed E-state index contributed by atoms with van der Waals surface area (Å²) in [7, 11) is -1.05.